The highest BCUT2D eigenvalue weighted by Crippen LogP contribution is 2.09. The topological polar surface area (TPSA) is 90.9 Å². The largest absolute Gasteiger partial charge is 0.342 e. The molecule has 1 aromatic heterocycles. The summed E-state index contributed by atoms with van der Waals surface area (Å²) < 4.78 is 0. The SMILES string of the molecule is CC(N)/C=N\c1nc[nH]c1C=N. The van der Waals surface area contributed by atoms with Crippen LogP contribution in [0.4, 0.5) is 5.82 Å². The van der Waals surface area contributed by atoms with Crippen molar-refractivity contribution in [3.05, 3.63) is 12.0 Å². The normalized spacial score (nSPS) is 13.5. The predicted octanol–water partition coefficient (Wildman–Crippen LogP) is 0.457. The molecule has 0 radical (unpaired) electrons. The van der Waals surface area contributed by atoms with Crippen LogP contribution in [0.25, 0.3) is 0 Å². The maximum Gasteiger partial charge on any atom is 0.178 e. The van der Waals surface area contributed by atoms with Crippen molar-refractivity contribution in [2.45, 2.75) is 13.0 Å². The number of imidazole rings is 1. The van der Waals surface area contributed by atoms with Crippen molar-refractivity contribution >= 4 is 18.2 Å². The standard InChI is InChI=1S/C7H11N5/c1-5(9)3-10-7-6(2-8)11-4-12-7/h2-5,8H,9H2,1H3,(H,11,12)/b8-2?,10-3-. The van der Waals surface area contributed by atoms with Gasteiger partial charge in [0.1, 0.15) is 5.69 Å². The summed E-state index contributed by atoms with van der Waals surface area (Å²) in [6.07, 6.45) is 4.25. The van der Waals surface area contributed by atoms with Gasteiger partial charge >= 0.3 is 0 Å². The van der Waals surface area contributed by atoms with Crippen LogP contribution in [0.1, 0.15) is 12.6 Å². The van der Waals surface area contributed by atoms with E-state index in [1.807, 2.05) is 6.92 Å². The van der Waals surface area contributed by atoms with Gasteiger partial charge in [-0.15, -0.1) is 0 Å². The van der Waals surface area contributed by atoms with Crippen LogP contribution in [0.3, 0.4) is 0 Å². The first-order valence-electron chi connectivity index (χ1n) is 3.57. The number of hydrogen-bond acceptors (Lipinski definition) is 4. The second kappa shape index (κ2) is 3.77. The van der Waals surface area contributed by atoms with Crippen molar-refractivity contribution < 1.29 is 0 Å². The molecule has 0 bridgehead atoms. The van der Waals surface area contributed by atoms with E-state index in [4.69, 9.17) is 11.1 Å². The lowest BCUT2D eigenvalue weighted by Gasteiger charge is -1.92. The van der Waals surface area contributed by atoms with Gasteiger partial charge < -0.3 is 16.1 Å². The highest BCUT2D eigenvalue weighted by Gasteiger charge is 1.98. The van der Waals surface area contributed by atoms with Crippen molar-refractivity contribution in [2.75, 3.05) is 0 Å². The molecule has 1 heterocycles. The average Bonchev–Trinajstić information content (AvgIpc) is 2.47. The molecule has 0 aliphatic carbocycles. The fourth-order valence-corrected chi connectivity index (χ4v) is 0.694. The Labute approximate surface area is 70.2 Å². The minimum Gasteiger partial charge on any atom is -0.342 e. The lowest BCUT2D eigenvalue weighted by molar-refractivity contribution is 0.994. The molecule has 1 atom stereocenters. The van der Waals surface area contributed by atoms with E-state index in [9.17, 15) is 0 Å². The van der Waals surface area contributed by atoms with Crippen LogP contribution < -0.4 is 5.73 Å². The summed E-state index contributed by atoms with van der Waals surface area (Å²) >= 11 is 0. The quantitative estimate of drug-likeness (QED) is 0.568. The summed E-state index contributed by atoms with van der Waals surface area (Å²) in [5, 5.41) is 6.99. The number of nitrogens with one attached hydrogen (secondary N) is 2. The molecule has 4 N–H and O–H groups in total. The fraction of sp³-hybridized carbons (Fsp3) is 0.286. The summed E-state index contributed by atoms with van der Waals surface area (Å²) in [6.45, 7) is 1.82. The fourth-order valence-electron chi connectivity index (χ4n) is 0.694. The zero-order chi connectivity index (χ0) is 8.97. The Hall–Kier alpha value is -1.49. The monoisotopic (exact) mass is 165 g/mol. The van der Waals surface area contributed by atoms with Gasteiger partial charge in [-0.3, -0.25) is 0 Å². The van der Waals surface area contributed by atoms with Crippen molar-refractivity contribution in [1.82, 2.24) is 9.97 Å². The Morgan fingerprint density at radius 3 is 3.17 bits per heavy atom. The molecule has 0 amide bonds. The first-order valence-corrected chi connectivity index (χ1v) is 3.57. The smallest absolute Gasteiger partial charge is 0.178 e. The highest BCUT2D eigenvalue weighted by molar-refractivity contribution is 5.82. The van der Waals surface area contributed by atoms with E-state index in [1.165, 1.54) is 12.5 Å². The Kier molecular flexibility index (Phi) is 2.71. The first kappa shape index (κ1) is 8.61. The Morgan fingerprint density at radius 2 is 2.58 bits per heavy atom. The molecule has 1 aromatic rings. The van der Waals surface area contributed by atoms with E-state index in [2.05, 4.69) is 15.0 Å². The van der Waals surface area contributed by atoms with Crippen molar-refractivity contribution in [3.63, 3.8) is 0 Å². The molecule has 5 nitrogen and oxygen atoms in total. The second-order valence-corrected chi connectivity index (χ2v) is 2.42. The van der Waals surface area contributed by atoms with E-state index >= 15 is 0 Å². The maximum atomic E-state index is 6.99. The summed E-state index contributed by atoms with van der Waals surface area (Å²) in [7, 11) is 0. The third-order valence-electron chi connectivity index (χ3n) is 1.22. The van der Waals surface area contributed by atoms with Crippen LogP contribution in [0.2, 0.25) is 0 Å². The number of nitrogens with two attached hydrogens (primary N) is 1. The van der Waals surface area contributed by atoms with Crippen LogP contribution in [-0.2, 0) is 0 Å². The molecule has 5 heteroatoms. The molecule has 0 saturated carbocycles. The van der Waals surface area contributed by atoms with Gasteiger partial charge in [0.2, 0.25) is 0 Å². The molecule has 0 aromatic carbocycles. The molecule has 1 rings (SSSR count). The first-order chi connectivity index (χ1) is 5.74. The average molecular weight is 165 g/mol. The molecular weight excluding hydrogens is 154 g/mol. The minimum absolute atomic E-state index is 0.0970. The highest BCUT2D eigenvalue weighted by atomic mass is 15.0. The molecular formula is C7H11N5. The van der Waals surface area contributed by atoms with Crippen molar-refractivity contribution in [2.24, 2.45) is 10.7 Å². The lowest BCUT2D eigenvalue weighted by atomic mass is 10.4. The number of aliphatic imine (C=N–C) groups is 1. The van der Waals surface area contributed by atoms with E-state index in [-0.39, 0.29) is 6.04 Å². The van der Waals surface area contributed by atoms with Crippen LogP contribution in [0, 0.1) is 5.41 Å². The number of H-pyrrole nitrogens is 1. The van der Waals surface area contributed by atoms with E-state index in [0.29, 0.717) is 11.5 Å². The minimum atomic E-state index is -0.0970. The molecule has 0 saturated heterocycles. The molecule has 64 valence electrons. The summed E-state index contributed by atoms with van der Waals surface area (Å²) in [5.41, 5.74) is 6.05. The molecule has 0 spiro atoms. The molecule has 12 heavy (non-hydrogen) atoms. The van der Waals surface area contributed by atoms with Gasteiger partial charge in [0.05, 0.1) is 6.33 Å². The number of rotatable bonds is 3. The van der Waals surface area contributed by atoms with Gasteiger partial charge in [-0.1, -0.05) is 0 Å². The Balaban J connectivity index is 2.81. The molecule has 1 unspecified atom stereocenters. The maximum absolute atomic E-state index is 6.99. The molecule has 0 fully saturated rings. The van der Waals surface area contributed by atoms with Crippen LogP contribution in [-0.4, -0.2) is 28.4 Å². The molecule has 0 aliphatic rings. The third-order valence-corrected chi connectivity index (χ3v) is 1.22. The van der Waals surface area contributed by atoms with Crippen LogP contribution in [0.15, 0.2) is 11.3 Å². The van der Waals surface area contributed by atoms with Crippen molar-refractivity contribution in [3.8, 4) is 0 Å². The van der Waals surface area contributed by atoms with Crippen LogP contribution in [0.5, 0.6) is 0 Å². The Bertz CT molecular complexity index is 286. The zero-order valence-electron chi connectivity index (χ0n) is 6.78. The van der Waals surface area contributed by atoms with Gasteiger partial charge in [-0.05, 0) is 6.92 Å². The third kappa shape index (κ3) is 2.00. The van der Waals surface area contributed by atoms with Gasteiger partial charge in [-0.25, -0.2) is 9.98 Å². The number of nitrogens with zero attached hydrogens (tertiary/aromatic N) is 2. The summed E-state index contributed by atoms with van der Waals surface area (Å²) in [4.78, 5) is 10.7. The number of aromatic amines is 1. The van der Waals surface area contributed by atoms with Gasteiger partial charge in [0.25, 0.3) is 0 Å². The Morgan fingerprint density at radius 1 is 1.83 bits per heavy atom. The van der Waals surface area contributed by atoms with E-state index in [1.54, 1.807) is 6.21 Å². The predicted molar refractivity (Wildman–Crippen MR) is 48.3 cm³/mol. The molecule has 0 aliphatic heterocycles. The summed E-state index contributed by atoms with van der Waals surface area (Å²) in [6, 6.07) is -0.0970. The van der Waals surface area contributed by atoms with E-state index in [0.717, 1.165) is 0 Å². The second-order valence-electron chi connectivity index (χ2n) is 2.42. The van der Waals surface area contributed by atoms with Crippen LogP contribution >= 0.6 is 0 Å². The van der Waals surface area contributed by atoms with E-state index < -0.39 is 0 Å². The van der Waals surface area contributed by atoms with Gasteiger partial charge in [0.15, 0.2) is 5.82 Å². The number of aromatic nitrogens is 2. The lowest BCUT2D eigenvalue weighted by Crippen LogP contribution is -2.15. The summed E-state index contributed by atoms with van der Waals surface area (Å²) in [5.74, 6) is 0.502. The number of hydrogen-bond donors (Lipinski definition) is 3. The van der Waals surface area contributed by atoms with Gasteiger partial charge in [0, 0.05) is 18.5 Å². The van der Waals surface area contributed by atoms with Crippen molar-refractivity contribution in [1.29, 1.82) is 5.41 Å². The van der Waals surface area contributed by atoms with Gasteiger partial charge in [-0.2, -0.15) is 0 Å². The zero-order valence-corrected chi connectivity index (χ0v) is 6.78.